The third-order valence-corrected chi connectivity index (χ3v) is 8.75. The van der Waals surface area contributed by atoms with Crippen molar-refractivity contribution in [2.75, 3.05) is 26.2 Å². The summed E-state index contributed by atoms with van der Waals surface area (Å²) in [4.78, 5) is 31.3. The lowest BCUT2D eigenvalue weighted by atomic mass is 9.94. The summed E-state index contributed by atoms with van der Waals surface area (Å²) >= 11 is 0. The Morgan fingerprint density at radius 3 is 2.52 bits per heavy atom. The van der Waals surface area contributed by atoms with Crippen LogP contribution in [0.15, 0.2) is 73.6 Å². The average Bonchev–Trinajstić information content (AvgIpc) is 3.62. The first-order valence-corrected chi connectivity index (χ1v) is 15.1. The minimum Gasteiger partial charge on any atom is -0.341 e. The minimum absolute atomic E-state index is 0.00280. The van der Waals surface area contributed by atoms with E-state index in [4.69, 9.17) is 0 Å². The van der Waals surface area contributed by atoms with Crippen LogP contribution in [0.5, 0.6) is 0 Å². The molecule has 42 heavy (non-hydrogen) atoms. The van der Waals surface area contributed by atoms with Gasteiger partial charge in [-0.1, -0.05) is 36.8 Å². The Bertz CT molecular complexity index is 1320. The Balaban J connectivity index is 1.22. The molecule has 5 rings (SSSR count). The van der Waals surface area contributed by atoms with Crippen molar-refractivity contribution in [3.8, 4) is 5.69 Å². The van der Waals surface area contributed by atoms with Crippen LogP contribution in [0.3, 0.4) is 0 Å². The number of halogens is 1. The molecule has 1 saturated heterocycles. The smallest absolute Gasteiger partial charge is 0.251 e. The molecule has 0 unspecified atom stereocenters. The summed E-state index contributed by atoms with van der Waals surface area (Å²) in [6, 6.07) is 13.7. The van der Waals surface area contributed by atoms with E-state index < -0.39 is 6.04 Å². The lowest BCUT2D eigenvalue weighted by molar-refractivity contribution is -0.134. The first-order valence-electron chi connectivity index (χ1n) is 15.1. The average molecular weight is 573 g/mol. The summed E-state index contributed by atoms with van der Waals surface area (Å²) in [5.74, 6) is 0.557. The van der Waals surface area contributed by atoms with E-state index >= 15 is 0 Å². The fraction of sp³-hybridized carbons (Fsp3) is 0.455. The van der Waals surface area contributed by atoms with Crippen molar-refractivity contribution in [2.45, 2.75) is 63.5 Å². The van der Waals surface area contributed by atoms with Crippen molar-refractivity contribution in [1.29, 1.82) is 0 Å². The van der Waals surface area contributed by atoms with Gasteiger partial charge in [0.1, 0.15) is 11.9 Å². The Labute approximate surface area is 247 Å². The van der Waals surface area contributed by atoms with Gasteiger partial charge in [-0.25, -0.2) is 9.07 Å². The molecule has 0 radical (unpaired) electrons. The molecule has 1 aliphatic heterocycles. The zero-order chi connectivity index (χ0) is 29.5. The van der Waals surface area contributed by atoms with Gasteiger partial charge in [0.15, 0.2) is 0 Å². The predicted molar refractivity (Wildman–Crippen MR) is 161 cm³/mol. The largest absolute Gasteiger partial charge is 0.341 e. The quantitative estimate of drug-likeness (QED) is 0.292. The zero-order valence-corrected chi connectivity index (χ0v) is 24.4. The molecule has 9 heteroatoms. The van der Waals surface area contributed by atoms with Gasteiger partial charge in [0, 0.05) is 37.2 Å². The van der Waals surface area contributed by atoms with Crippen molar-refractivity contribution in [1.82, 2.24) is 30.1 Å². The number of carbonyl (C=O) groups excluding carboxylic acids is 2. The number of likely N-dealkylation sites (tertiary alicyclic amines) is 1. The van der Waals surface area contributed by atoms with Crippen LogP contribution in [0.25, 0.3) is 5.69 Å². The summed E-state index contributed by atoms with van der Waals surface area (Å²) in [5.41, 5.74) is 2.45. The van der Waals surface area contributed by atoms with Crippen LogP contribution >= 0.6 is 0 Å². The van der Waals surface area contributed by atoms with Crippen LogP contribution in [0, 0.1) is 11.7 Å². The number of nitrogens with one attached hydrogen (secondary N) is 1. The number of hydrogen-bond donors (Lipinski definition) is 1. The summed E-state index contributed by atoms with van der Waals surface area (Å²) in [5, 5.41) is 10.9. The maximum Gasteiger partial charge on any atom is 0.251 e. The molecule has 2 aromatic carbocycles. The van der Waals surface area contributed by atoms with Crippen LogP contribution in [0.1, 0.15) is 67.3 Å². The van der Waals surface area contributed by atoms with E-state index in [1.54, 1.807) is 29.2 Å². The molecular formula is C33H41FN6O2. The van der Waals surface area contributed by atoms with Crippen molar-refractivity contribution in [2.24, 2.45) is 5.92 Å². The van der Waals surface area contributed by atoms with E-state index in [0.29, 0.717) is 29.9 Å². The third kappa shape index (κ3) is 7.31. The molecule has 3 atom stereocenters. The normalized spacial score (nSPS) is 19.5. The predicted octanol–water partition coefficient (Wildman–Crippen LogP) is 4.98. The standard InChI is InChI=1S/C33H41FN6O2/c1-3-18-38(31-23-29(31)25-7-11-27(34)12-8-25)19-5-6-30(33(42)39-20-15-24(4-2)16-21-39)36-32(41)26-9-13-28(14-10-26)40-22-17-35-37-40/h3,7-14,17,22,24,29-31H,1,4-6,15-16,18-21,23H2,2H3,(H,36,41)/t29-,30-,31+/m0/s1. The van der Waals surface area contributed by atoms with Gasteiger partial charge in [0.05, 0.1) is 18.1 Å². The van der Waals surface area contributed by atoms with Crippen molar-refractivity contribution in [3.63, 3.8) is 0 Å². The SMILES string of the molecule is C=CCN(CCC[C@H](NC(=O)c1ccc(-n2ccnn2)cc1)C(=O)N1CCC(CC)CC1)[C@@H]1C[C@H]1c1ccc(F)cc1. The van der Waals surface area contributed by atoms with Gasteiger partial charge < -0.3 is 10.2 Å². The third-order valence-electron chi connectivity index (χ3n) is 8.75. The van der Waals surface area contributed by atoms with E-state index in [2.05, 4.69) is 34.0 Å². The summed E-state index contributed by atoms with van der Waals surface area (Å²) in [6.07, 6.45) is 10.7. The second-order valence-corrected chi connectivity index (χ2v) is 11.5. The van der Waals surface area contributed by atoms with Crippen LogP contribution in [-0.2, 0) is 4.79 Å². The van der Waals surface area contributed by atoms with E-state index in [0.717, 1.165) is 69.5 Å². The number of hydrogen-bond acceptors (Lipinski definition) is 5. The fourth-order valence-electron chi connectivity index (χ4n) is 6.10. The van der Waals surface area contributed by atoms with Gasteiger partial charge in [-0.15, -0.1) is 11.7 Å². The second kappa shape index (κ2) is 13.9. The van der Waals surface area contributed by atoms with Gasteiger partial charge in [0.2, 0.25) is 5.91 Å². The Morgan fingerprint density at radius 2 is 1.88 bits per heavy atom. The molecule has 2 heterocycles. The number of amides is 2. The molecule has 1 aromatic heterocycles. The fourth-order valence-corrected chi connectivity index (χ4v) is 6.10. The molecule has 2 aliphatic rings. The van der Waals surface area contributed by atoms with Gasteiger partial charge in [-0.2, -0.15) is 0 Å². The van der Waals surface area contributed by atoms with Crippen molar-refractivity contribution >= 4 is 11.8 Å². The number of aromatic nitrogens is 3. The minimum atomic E-state index is -0.594. The highest BCUT2D eigenvalue weighted by Gasteiger charge is 2.42. The molecule has 1 N–H and O–H groups in total. The summed E-state index contributed by atoms with van der Waals surface area (Å²) in [7, 11) is 0. The highest BCUT2D eigenvalue weighted by molar-refractivity contribution is 5.97. The van der Waals surface area contributed by atoms with E-state index in [-0.39, 0.29) is 17.6 Å². The van der Waals surface area contributed by atoms with Crippen LogP contribution in [0.4, 0.5) is 4.39 Å². The Hall–Kier alpha value is -3.85. The number of benzene rings is 2. The maximum atomic E-state index is 13.7. The lowest BCUT2D eigenvalue weighted by Gasteiger charge is -2.34. The van der Waals surface area contributed by atoms with E-state index in [9.17, 15) is 14.0 Å². The number of carbonyl (C=O) groups is 2. The lowest BCUT2D eigenvalue weighted by Crippen LogP contribution is -2.51. The molecule has 2 fully saturated rings. The Kier molecular flexibility index (Phi) is 9.79. The number of rotatable bonds is 13. The van der Waals surface area contributed by atoms with E-state index in [1.165, 1.54) is 12.1 Å². The molecule has 0 spiro atoms. The molecule has 0 bridgehead atoms. The number of piperidine rings is 1. The molecule has 1 aliphatic carbocycles. The highest BCUT2D eigenvalue weighted by atomic mass is 19.1. The summed E-state index contributed by atoms with van der Waals surface area (Å²) in [6.45, 7) is 9.16. The first-order chi connectivity index (χ1) is 20.5. The molecular weight excluding hydrogens is 531 g/mol. The summed E-state index contributed by atoms with van der Waals surface area (Å²) < 4.78 is 15.0. The monoisotopic (exact) mass is 572 g/mol. The molecule has 2 amide bonds. The topological polar surface area (TPSA) is 83.4 Å². The van der Waals surface area contributed by atoms with Gasteiger partial charge in [0.25, 0.3) is 5.91 Å². The van der Waals surface area contributed by atoms with Crippen LogP contribution in [-0.4, -0.2) is 74.9 Å². The molecule has 8 nitrogen and oxygen atoms in total. The molecule has 222 valence electrons. The highest BCUT2D eigenvalue weighted by Crippen LogP contribution is 2.44. The van der Waals surface area contributed by atoms with Gasteiger partial charge >= 0.3 is 0 Å². The first kappa shape index (κ1) is 29.6. The van der Waals surface area contributed by atoms with Crippen LogP contribution in [0.2, 0.25) is 0 Å². The molecule has 3 aromatic rings. The molecule has 1 saturated carbocycles. The van der Waals surface area contributed by atoms with Gasteiger partial charge in [-0.05, 0) is 86.5 Å². The zero-order valence-electron chi connectivity index (χ0n) is 24.4. The van der Waals surface area contributed by atoms with Crippen molar-refractivity contribution in [3.05, 3.63) is 90.5 Å². The second-order valence-electron chi connectivity index (χ2n) is 11.5. The number of nitrogens with zero attached hydrogens (tertiary/aromatic N) is 5. The van der Waals surface area contributed by atoms with Gasteiger partial charge in [-0.3, -0.25) is 14.5 Å². The van der Waals surface area contributed by atoms with E-state index in [1.807, 2.05) is 35.2 Å². The van der Waals surface area contributed by atoms with Crippen LogP contribution < -0.4 is 5.32 Å². The van der Waals surface area contributed by atoms with Crippen molar-refractivity contribution < 1.29 is 14.0 Å². The Morgan fingerprint density at radius 1 is 1.14 bits per heavy atom. The maximum absolute atomic E-state index is 13.7.